The third-order valence-electron chi connectivity index (χ3n) is 3.84. The fraction of sp³-hybridized carbons (Fsp3) is 0.444. The van der Waals surface area contributed by atoms with Gasteiger partial charge in [0, 0.05) is 38.4 Å². The SMILES string of the molecule is CCN(CCNC)c1cc(C(=N)c2cc(OC(C)C)ccc2N)[nH]n1.[HH]. The van der Waals surface area contributed by atoms with Crippen molar-refractivity contribution >= 4 is 17.2 Å². The lowest BCUT2D eigenvalue weighted by molar-refractivity contribution is 0.242. The average molecular weight is 346 g/mol. The number of benzene rings is 1. The minimum Gasteiger partial charge on any atom is -0.491 e. The molecular formula is C18H30N6O. The van der Waals surface area contributed by atoms with Crippen LogP contribution in [0, 0.1) is 5.41 Å². The van der Waals surface area contributed by atoms with Gasteiger partial charge in [0.15, 0.2) is 5.82 Å². The van der Waals surface area contributed by atoms with Crippen LogP contribution in [0.4, 0.5) is 11.5 Å². The maximum absolute atomic E-state index is 8.50. The number of aromatic nitrogens is 2. The highest BCUT2D eigenvalue weighted by Gasteiger charge is 2.15. The summed E-state index contributed by atoms with van der Waals surface area (Å²) in [5.74, 6) is 1.53. The van der Waals surface area contributed by atoms with Crippen LogP contribution in [-0.4, -0.2) is 48.7 Å². The fourth-order valence-corrected chi connectivity index (χ4v) is 2.53. The summed E-state index contributed by atoms with van der Waals surface area (Å²) in [6.07, 6.45) is 0.0645. The Balaban J connectivity index is 0.00000338. The summed E-state index contributed by atoms with van der Waals surface area (Å²) >= 11 is 0. The number of nitrogen functional groups attached to an aromatic ring is 1. The van der Waals surface area contributed by atoms with Crippen molar-refractivity contribution < 1.29 is 6.16 Å². The van der Waals surface area contributed by atoms with Crippen LogP contribution < -0.4 is 20.7 Å². The largest absolute Gasteiger partial charge is 0.491 e. The number of nitrogens with zero attached hydrogens (tertiary/aromatic N) is 2. The van der Waals surface area contributed by atoms with Crippen LogP contribution in [0.5, 0.6) is 5.75 Å². The Labute approximate surface area is 150 Å². The molecule has 1 aromatic heterocycles. The van der Waals surface area contributed by atoms with Crippen LogP contribution in [0.2, 0.25) is 0 Å². The van der Waals surface area contributed by atoms with Gasteiger partial charge in [-0.2, -0.15) is 5.10 Å². The molecule has 0 bridgehead atoms. The van der Waals surface area contributed by atoms with Gasteiger partial charge in [0.1, 0.15) is 5.75 Å². The number of H-pyrrole nitrogens is 1. The average Bonchev–Trinajstić information content (AvgIpc) is 3.06. The predicted octanol–water partition coefficient (Wildman–Crippen LogP) is 2.49. The molecule has 0 amide bonds. The Morgan fingerprint density at radius 2 is 2.20 bits per heavy atom. The van der Waals surface area contributed by atoms with Crippen LogP contribution in [0.1, 0.15) is 33.5 Å². The van der Waals surface area contributed by atoms with Crippen LogP contribution in [-0.2, 0) is 0 Å². The zero-order valence-corrected chi connectivity index (χ0v) is 15.4. The molecule has 0 aliphatic rings. The van der Waals surface area contributed by atoms with E-state index in [2.05, 4.69) is 27.3 Å². The standard InChI is InChI=1S/C18H28N6O.H2/c1-5-24(9-8-21-4)17-11-16(22-23-17)18(20)14-10-13(25-12(2)3)6-7-15(14)19;/h6-7,10-12,20-21H,5,8-9,19H2,1-4H3,(H,22,23);1H. The number of nitrogens with two attached hydrogens (primary N) is 1. The number of nitrogens with one attached hydrogen (secondary N) is 3. The summed E-state index contributed by atoms with van der Waals surface area (Å²) in [5.41, 5.74) is 8.17. The minimum absolute atomic E-state index is 0. The first kappa shape index (κ1) is 18.8. The molecule has 0 spiro atoms. The van der Waals surface area contributed by atoms with Gasteiger partial charge >= 0.3 is 0 Å². The Hall–Kier alpha value is -2.54. The summed E-state index contributed by atoms with van der Waals surface area (Å²) in [7, 11) is 1.93. The second kappa shape index (κ2) is 8.53. The van der Waals surface area contributed by atoms with Gasteiger partial charge in [0.2, 0.25) is 0 Å². The molecule has 1 aromatic carbocycles. The van der Waals surface area contributed by atoms with Gasteiger partial charge in [-0.1, -0.05) is 0 Å². The van der Waals surface area contributed by atoms with E-state index in [0.29, 0.717) is 28.4 Å². The monoisotopic (exact) mass is 346 g/mol. The van der Waals surface area contributed by atoms with Gasteiger partial charge in [-0.25, -0.2) is 0 Å². The van der Waals surface area contributed by atoms with Crippen molar-refractivity contribution in [2.24, 2.45) is 0 Å². The highest BCUT2D eigenvalue weighted by atomic mass is 16.5. The molecule has 25 heavy (non-hydrogen) atoms. The van der Waals surface area contributed by atoms with Gasteiger partial charge in [0.05, 0.1) is 17.5 Å². The Bertz CT molecular complexity index is 715. The molecule has 7 nitrogen and oxygen atoms in total. The molecule has 2 aromatic rings. The first-order valence-corrected chi connectivity index (χ1v) is 8.56. The first-order valence-electron chi connectivity index (χ1n) is 8.56. The lowest BCUT2D eigenvalue weighted by Crippen LogP contribution is -2.30. The smallest absolute Gasteiger partial charge is 0.151 e. The Morgan fingerprint density at radius 1 is 1.44 bits per heavy atom. The van der Waals surface area contributed by atoms with E-state index >= 15 is 0 Å². The van der Waals surface area contributed by atoms with E-state index < -0.39 is 0 Å². The minimum atomic E-state index is 0. The van der Waals surface area contributed by atoms with Crippen LogP contribution >= 0.6 is 0 Å². The molecular weight excluding hydrogens is 316 g/mol. The molecule has 1 heterocycles. The molecule has 2 rings (SSSR count). The Morgan fingerprint density at radius 3 is 2.84 bits per heavy atom. The summed E-state index contributed by atoms with van der Waals surface area (Å²) in [6, 6.07) is 7.28. The van der Waals surface area contributed by atoms with Gasteiger partial charge in [-0.3, -0.25) is 10.5 Å². The lowest BCUT2D eigenvalue weighted by Gasteiger charge is -2.19. The van der Waals surface area contributed by atoms with E-state index in [1.807, 2.05) is 33.0 Å². The number of likely N-dealkylation sites (N-methyl/N-ethyl adjacent to an activating group) is 2. The van der Waals surface area contributed by atoms with Crippen LogP contribution in [0.3, 0.4) is 0 Å². The maximum Gasteiger partial charge on any atom is 0.151 e. The molecule has 0 radical (unpaired) electrons. The summed E-state index contributed by atoms with van der Waals surface area (Å²) in [6.45, 7) is 8.58. The van der Waals surface area contributed by atoms with Crippen molar-refractivity contribution in [2.75, 3.05) is 37.3 Å². The normalized spacial score (nSPS) is 10.9. The molecule has 7 heteroatoms. The molecule has 138 valence electrons. The number of rotatable bonds is 9. The summed E-state index contributed by atoms with van der Waals surface area (Å²) in [5, 5.41) is 18.9. The highest BCUT2D eigenvalue weighted by Crippen LogP contribution is 2.24. The summed E-state index contributed by atoms with van der Waals surface area (Å²) < 4.78 is 5.71. The van der Waals surface area contributed by atoms with Gasteiger partial charge < -0.3 is 20.7 Å². The van der Waals surface area contributed by atoms with Crippen molar-refractivity contribution in [1.29, 1.82) is 5.41 Å². The quantitative estimate of drug-likeness (QED) is 0.413. The van der Waals surface area contributed by atoms with E-state index in [-0.39, 0.29) is 7.53 Å². The zero-order valence-electron chi connectivity index (χ0n) is 15.4. The van der Waals surface area contributed by atoms with Crippen LogP contribution in [0.15, 0.2) is 24.3 Å². The maximum atomic E-state index is 8.50. The second-order valence-electron chi connectivity index (χ2n) is 6.11. The van der Waals surface area contributed by atoms with Crippen molar-refractivity contribution in [3.63, 3.8) is 0 Å². The molecule has 0 unspecified atom stereocenters. The molecule has 0 saturated heterocycles. The van der Waals surface area contributed by atoms with Crippen molar-refractivity contribution in [1.82, 2.24) is 15.5 Å². The predicted molar refractivity (Wildman–Crippen MR) is 105 cm³/mol. The van der Waals surface area contributed by atoms with Gasteiger partial charge in [0.25, 0.3) is 0 Å². The molecule has 0 aliphatic heterocycles. The lowest BCUT2D eigenvalue weighted by atomic mass is 10.0. The third kappa shape index (κ3) is 4.73. The van der Waals surface area contributed by atoms with Gasteiger partial charge in [-0.05, 0) is 46.0 Å². The fourth-order valence-electron chi connectivity index (χ4n) is 2.53. The zero-order chi connectivity index (χ0) is 18.4. The van der Waals surface area contributed by atoms with Crippen molar-refractivity contribution in [2.45, 2.75) is 26.9 Å². The number of aromatic amines is 1. The highest BCUT2D eigenvalue weighted by molar-refractivity contribution is 6.13. The van der Waals surface area contributed by atoms with Crippen molar-refractivity contribution in [3.05, 3.63) is 35.5 Å². The van der Waals surface area contributed by atoms with Gasteiger partial charge in [-0.15, -0.1) is 0 Å². The van der Waals surface area contributed by atoms with E-state index in [1.54, 1.807) is 12.1 Å². The number of hydrogen-bond acceptors (Lipinski definition) is 6. The second-order valence-corrected chi connectivity index (χ2v) is 6.11. The molecule has 0 aliphatic carbocycles. The molecule has 0 fully saturated rings. The molecule has 5 N–H and O–H groups in total. The van der Waals surface area contributed by atoms with E-state index in [4.69, 9.17) is 15.9 Å². The third-order valence-corrected chi connectivity index (χ3v) is 3.84. The van der Waals surface area contributed by atoms with Crippen molar-refractivity contribution in [3.8, 4) is 5.75 Å². The Kier molecular flexibility index (Phi) is 6.41. The topological polar surface area (TPSA) is 103 Å². The number of hydrogen-bond donors (Lipinski definition) is 4. The van der Waals surface area contributed by atoms with Crippen LogP contribution in [0.25, 0.3) is 0 Å². The van der Waals surface area contributed by atoms with E-state index in [1.165, 1.54) is 0 Å². The number of ether oxygens (including phenoxy) is 1. The van der Waals surface area contributed by atoms with E-state index in [9.17, 15) is 0 Å². The molecule has 0 atom stereocenters. The summed E-state index contributed by atoms with van der Waals surface area (Å²) in [4.78, 5) is 2.14. The number of anilines is 2. The molecule has 0 saturated carbocycles. The van der Waals surface area contributed by atoms with E-state index in [0.717, 1.165) is 25.5 Å². The first-order chi connectivity index (χ1) is 12.0.